The number of hydrogen-bond donors (Lipinski definition) is 0. The summed E-state index contributed by atoms with van der Waals surface area (Å²) in [6, 6.07) is 21.3. The normalized spacial score (nSPS) is 21.1. The summed E-state index contributed by atoms with van der Waals surface area (Å²) in [6.45, 7) is 5.31. The van der Waals surface area contributed by atoms with Crippen molar-refractivity contribution in [2.24, 2.45) is 5.92 Å². The highest BCUT2D eigenvalue weighted by Gasteiger charge is 2.56. The number of carbonyl (C=O) groups is 2. The van der Waals surface area contributed by atoms with Gasteiger partial charge < -0.3 is 14.5 Å². The van der Waals surface area contributed by atoms with Gasteiger partial charge >= 0.3 is 5.97 Å². The fourth-order valence-corrected chi connectivity index (χ4v) is 5.62. The minimum absolute atomic E-state index is 0.0813. The van der Waals surface area contributed by atoms with E-state index in [1.165, 1.54) is 18.2 Å². The second kappa shape index (κ2) is 9.23. The predicted molar refractivity (Wildman–Crippen MR) is 121 cm³/mol. The molecule has 2 aliphatic rings. The van der Waals surface area contributed by atoms with Crippen LogP contribution in [0.25, 0.3) is 0 Å². The number of ether oxygens (including phenoxy) is 1. The zero-order chi connectivity index (χ0) is 21.8. The highest BCUT2D eigenvalue weighted by molar-refractivity contribution is 5.89. The van der Waals surface area contributed by atoms with E-state index in [1.807, 2.05) is 11.8 Å². The van der Waals surface area contributed by atoms with E-state index in [0.29, 0.717) is 12.5 Å². The minimum atomic E-state index is -0.398. The topological polar surface area (TPSA) is 49.9 Å². The molecule has 2 saturated heterocycles. The Labute approximate surface area is 185 Å². The molecule has 31 heavy (non-hydrogen) atoms. The van der Waals surface area contributed by atoms with E-state index < -0.39 is 5.54 Å². The summed E-state index contributed by atoms with van der Waals surface area (Å²) in [5.41, 5.74) is 2.23. The van der Waals surface area contributed by atoms with Crippen LogP contribution >= 0.6 is 0 Å². The second-order valence-electron chi connectivity index (χ2n) is 8.70. The molecule has 0 aromatic heterocycles. The molecular formula is C26H32N2O3. The van der Waals surface area contributed by atoms with Gasteiger partial charge in [-0.2, -0.15) is 0 Å². The summed E-state index contributed by atoms with van der Waals surface area (Å²) >= 11 is 0. The van der Waals surface area contributed by atoms with Crippen molar-refractivity contribution in [2.45, 2.75) is 37.6 Å². The van der Waals surface area contributed by atoms with Gasteiger partial charge in [0.1, 0.15) is 0 Å². The highest BCUT2D eigenvalue weighted by Crippen LogP contribution is 2.44. The molecule has 4 rings (SSSR count). The molecule has 0 aliphatic carbocycles. The van der Waals surface area contributed by atoms with Gasteiger partial charge in [-0.1, -0.05) is 60.7 Å². The number of esters is 1. The van der Waals surface area contributed by atoms with Crippen LogP contribution in [0.5, 0.6) is 0 Å². The lowest BCUT2D eigenvalue weighted by Crippen LogP contribution is -2.57. The van der Waals surface area contributed by atoms with Crippen molar-refractivity contribution in [1.82, 2.24) is 9.80 Å². The van der Waals surface area contributed by atoms with Gasteiger partial charge in [-0.25, -0.2) is 0 Å². The Morgan fingerprint density at radius 1 is 1.03 bits per heavy atom. The van der Waals surface area contributed by atoms with Crippen molar-refractivity contribution in [3.8, 4) is 0 Å². The maximum atomic E-state index is 12.6. The Hall–Kier alpha value is -2.66. The van der Waals surface area contributed by atoms with E-state index in [9.17, 15) is 9.59 Å². The number of methoxy groups -OCH3 is 1. The Bertz CT molecular complexity index is 850. The van der Waals surface area contributed by atoms with Crippen LogP contribution in [0, 0.1) is 5.92 Å². The number of carbonyl (C=O) groups excluding carboxylic acids is 2. The summed E-state index contributed by atoms with van der Waals surface area (Å²) in [5, 5.41) is 0. The molecule has 2 fully saturated rings. The fraction of sp³-hybridized carbons (Fsp3) is 0.462. The Morgan fingerprint density at radius 2 is 1.58 bits per heavy atom. The van der Waals surface area contributed by atoms with Crippen LogP contribution in [0.1, 0.15) is 43.2 Å². The molecule has 5 nitrogen and oxygen atoms in total. The van der Waals surface area contributed by atoms with E-state index >= 15 is 0 Å². The number of piperidine rings is 1. The number of amides is 1. The lowest BCUT2D eigenvalue weighted by molar-refractivity contribution is -0.150. The molecule has 0 bridgehead atoms. The number of benzene rings is 2. The summed E-state index contributed by atoms with van der Waals surface area (Å²) in [6.07, 6.45) is 1.89. The van der Waals surface area contributed by atoms with Crippen molar-refractivity contribution in [2.75, 3.05) is 33.3 Å². The van der Waals surface area contributed by atoms with E-state index in [0.717, 1.165) is 32.5 Å². The Balaban J connectivity index is 1.53. The molecule has 1 atom stereocenters. The first-order valence-corrected chi connectivity index (χ1v) is 11.3. The van der Waals surface area contributed by atoms with E-state index in [2.05, 4.69) is 65.6 Å². The van der Waals surface area contributed by atoms with Crippen LogP contribution in [-0.2, 0) is 14.3 Å². The first kappa shape index (κ1) is 21.6. The zero-order valence-electron chi connectivity index (χ0n) is 18.5. The van der Waals surface area contributed by atoms with Crippen molar-refractivity contribution in [3.63, 3.8) is 0 Å². The standard InChI is InChI=1S/C26H32N2O3/c1-3-28-24(29)18-23(25(30)31-2)26(28)14-16-27(17-15-26)19-22(20-10-6-4-7-11-20)21-12-8-5-9-13-21/h4-13,22-23H,3,14-19H2,1-2H3. The van der Waals surface area contributed by atoms with Gasteiger partial charge in [-0.3, -0.25) is 9.59 Å². The molecule has 2 heterocycles. The molecule has 2 aromatic rings. The SMILES string of the molecule is CCN1C(=O)CC(C(=O)OC)C12CCN(CC(c1ccccc1)c1ccccc1)CC2. The molecule has 0 radical (unpaired) electrons. The first-order chi connectivity index (χ1) is 15.1. The van der Waals surface area contributed by atoms with Crippen molar-refractivity contribution in [1.29, 1.82) is 0 Å². The van der Waals surface area contributed by atoms with Gasteiger partial charge in [-0.15, -0.1) is 0 Å². The van der Waals surface area contributed by atoms with E-state index in [1.54, 1.807) is 0 Å². The van der Waals surface area contributed by atoms with E-state index in [-0.39, 0.29) is 24.2 Å². The molecule has 164 valence electrons. The summed E-state index contributed by atoms with van der Waals surface area (Å²) < 4.78 is 5.08. The maximum Gasteiger partial charge on any atom is 0.311 e. The summed E-state index contributed by atoms with van der Waals surface area (Å²) in [4.78, 5) is 29.6. The number of likely N-dealkylation sites (tertiary alicyclic amines) is 2. The number of hydrogen-bond acceptors (Lipinski definition) is 4. The van der Waals surface area contributed by atoms with Gasteiger partial charge in [0.15, 0.2) is 0 Å². The Morgan fingerprint density at radius 3 is 2.06 bits per heavy atom. The summed E-state index contributed by atoms with van der Waals surface area (Å²) in [7, 11) is 1.43. The zero-order valence-corrected chi connectivity index (χ0v) is 18.5. The highest BCUT2D eigenvalue weighted by atomic mass is 16.5. The predicted octanol–water partition coefficient (Wildman–Crippen LogP) is 3.69. The third kappa shape index (κ3) is 4.11. The van der Waals surface area contributed by atoms with Crippen LogP contribution in [-0.4, -0.2) is 60.5 Å². The third-order valence-corrected chi connectivity index (χ3v) is 7.23. The lowest BCUT2D eigenvalue weighted by atomic mass is 9.76. The van der Waals surface area contributed by atoms with Crippen LogP contribution < -0.4 is 0 Å². The number of nitrogens with zero attached hydrogens (tertiary/aromatic N) is 2. The van der Waals surface area contributed by atoms with Crippen LogP contribution in [0.15, 0.2) is 60.7 Å². The quantitative estimate of drug-likeness (QED) is 0.669. The minimum Gasteiger partial charge on any atom is -0.469 e. The third-order valence-electron chi connectivity index (χ3n) is 7.23. The largest absolute Gasteiger partial charge is 0.469 e. The van der Waals surface area contributed by atoms with Crippen LogP contribution in [0.2, 0.25) is 0 Å². The van der Waals surface area contributed by atoms with Crippen LogP contribution in [0.4, 0.5) is 0 Å². The molecule has 0 saturated carbocycles. The molecule has 0 N–H and O–H groups in total. The molecule has 1 amide bonds. The van der Waals surface area contributed by atoms with Crippen molar-refractivity contribution in [3.05, 3.63) is 71.8 Å². The molecule has 2 aromatic carbocycles. The van der Waals surface area contributed by atoms with Gasteiger partial charge in [-0.05, 0) is 30.9 Å². The lowest BCUT2D eigenvalue weighted by Gasteiger charge is -2.47. The van der Waals surface area contributed by atoms with Gasteiger partial charge in [0, 0.05) is 38.5 Å². The molecule has 2 aliphatic heterocycles. The average Bonchev–Trinajstić information content (AvgIpc) is 3.10. The maximum absolute atomic E-state index is 12.6. The average molecular weight is 421 g/mol. The second-order valence-corrected chi connectivity index (χ2v) is 8.70. The fourth-order valence-electron chi connectivity index (χ4n) is 5.62. The first-order valence-electron chi connectivity index (χ1n) is 11.3. The Kier molecular flexibility index (Phi) is 6.42. The molecule has 5 heteroatoms. The summed E-state index contributed by atoms with van der Waals surface area (Å²) in [5.74, 6) is -0.228. The van der Waals surface area contributed by atoms with Gasteiger partial charge in [0.25, 0.3) is 0 Å². The molecule has 1 unspecified atom stereocenters. The molecular weight excluding hydrogens is 388 g/mol. The monoisotopic (exact) mass is 420 g/mol. The number of rotatable bonds is 6. The van der Waals surface area contributed by atoms with E-state index in [4.69, 9.17) is 4.74 Å². The molecule has 1 spiro atoms. The van der Waals surface area contributed by atoms with Gasteiger partial charge in [0.05, 0.1) is 18.6 Å². The van der Waals surface area contributed by atoms with Crippen molar-refractivity contribution < 1.29 is 14.3 Å². The van der Waals surface area contributed by atoms with Gasteiger partial charge in [0.2, 0.25) is 5.91 Å². The van der Waals surface area contributed by atoms with Crippen molar-refractivity contribution >= 4 is 11.9 Å². The van der Waals surface area contributed by atoms with Crippen LogP contribution in [0.3, 0.4) is 0 Å². The smallest absolute Gasteiger partial charge is 0.311 e.